The molecule has 4 nitrogen and oxygen atoms in total. The van der Waals surface area contributed by atoms with Crippen LogP contribution in [-0.2, 0) is 0 Å². The van der Waals surface area contributed by atoms with E-state index in [9.17, 15) is 4.79 Å². The van der Waals surface area contributed by atoms with Gasteiger partial charge in [0.05, 0.1) is 7.11 Å². The van der Waals surface area contributed by atoms with Crippen LogP contribution in [0.15, 0.2) is 54.1 Å². The van der Waals surface area contributed by atoms with E-state index in [0.717, 1.165) is 49.4 Å². The van der Waals surface area contributed by atoms with Crippen molar-refractivity contribution in [3.8, 4) is 5.75 Å². The van der Waals surface area contributed by atoms with Gasteiger partial charge in [-0.25, -0.2) is 0 Å². The molecule has 3 rings (SSSR count). The average molecular weight is 435 g/mol. The van der Waals surface area contributed by atoms with Gasteiger partial charge in [-0.2, -0.15) is 0 Å². The molecule has 172 valence electrons. The lowest BCUT2D eigenvalue weighted by Crippen LogP contribution is -2.30. The molecule has 0 heterocycles. The molecule has 4 heteroatoms. The molecule has 0 spiro atoms. The van der Waals surface area contributed by atoms with Gasteiger partial charge in [0.2, 0.25) is 0 Å². The maximum atomic E-state index is 12.8. The van der Waals surface area contributed by atoms with Crippen LogP contribution in [0.2, 0.25) is 0 Å². The fraction of sp³-hybridized carbons (Fsp3) is 0.464. The number of ether oxygens (including phenoxy) is 1. The first-order chi connectivity index (χ1) is 15.4. The number of hydrogen-bond acceptors (Lipinski definition) is 3. The van der Waals surface area contributed by atoms with E-state index in [1.165, 1.54) is 17.6 Å². The van der Waals surface area contributed by atoms with Gasteiger partial charge in [-0.15, -0.1) is 0 Å². The highest BCUT2D eigenvalue weighted by Crippen LogP contribution is 2.42. The molecule has 0 saturated heterocycles. The predicted octanol–water partition coefficient (Wildman–Crippen LogP) is 5.71. The van der Waals surface area contributed by atoms with Crippen molar-refractivity contribution in [2.75, 3.05) is 40.8 Å². The highest BCUT2D eigenvalue weighted by Gasteiger charge is 2.29. The molecular weight excluding hydrogens is 396 g/mol. The predicted molar refractivity (Wildman–Crippen MR) is 133 cm³/mol. The summed E-state index contributed by atoms with van der Waals surface area (Å²) in [4.78, 5) is 17.0. The summed E-state index contributed by atoms with van der Waals surface area (Å²) in [6.07, 6.45) is 5.62. The summed E-state index contributed by atoms with van der Waals surface area (Å²) in [5, 5.41) is 0. The van der Waals surface area contributed by atoms with Crippen LogP contribution < -0.4 is 4.74 Å². The Labute approximate surface area is 193 Å². The van der Waals surface area contributed by atoms with Gasteiger partial charge in [-0.3, -0.25) is 4.79 Å². The topological polar surface area (TPSA) is 32.8 Å². The van der Waals surface area contributed by atoms with Gasteiger partial charge in [0.1, 0.15) is 5.75 Å². The summed E-state index contributed by atoms with van der Waals surface area (Å²) >= 11 is 0. The Bertz CT molecular complexity index is 931. The van der Waals surface area contributed by atoms with E-state index < -0.39 is 0 Å². The minimum absolute atomic E-state index is 0.110. The van der Waals surface area contributed by atoms with E-state index in [1.807, 2.05) is 43.0 Å². The minimum atomic E-state index is 0.110. The summed E-state index contributed by atoms with van der Waals surface area (Å²) < 4.78 is 5.50. The third kappa shape index (κ3) is 6.01. The van der Waals surface area contributed by atoms with Crippen LogP contribution >= 0.6 is 0 Å². The average Bonchev–Trinajstić information content (AvgIpc) is 2.80. The third-order valence-corrected chi connectivity index (χ3v) is 6.56. The van der Waals surface area contributed by atoms with Crippen LogP contribution in [0.1, 0.15) is 60.5 Å². The molecule has 0 aromatic heterocycles. The van der Waals surface area contributed by atoms with Crippen LogP contribution in [0.3, 0.4) is 0 Å². The number of allylic oxidation sites excluding steroid dienone is 1. The van der Waals surface area contributed by atoms with Crippen molar-refractivity contribution in [1.29, 1.82) is 0 Å². The summed E-state index contributed by atoms with van der Waals surface area (Å²) in [6.45, 7) is 6.60. The van der Waals surface area contributed by atoms with E-state index >= 15 is 0 Å². The van der Waals surface area contributed by atoms with Gasteiger partial charge in [-0.1, -0.05) is 35.9 Å². The molecule has 0 N–H and O–H groups in total. The summed E-state index contributed by atoms with van der Waals surface area (Å²) in [5.41, 5.74) is 4.70. The molecule has 1 fully saturated rings. The van der Waals surface area contributed by atoms with Crippen molar-refractivity contribution in [3.63, 3.8) is 0 Å². The Morgan fingerprint density at radius 2 is 1.84 bits per heavy atom. The molecule has 2 aromatic carbocycles. The third-order valence-electron chi connectivity index (χ3n) is 6.56. The molecule has 1 aliphatic rings. The van der Waals surface area contributed by atoms with Crippen molar-refractivity contribution >= 4 is 12.0 Å². The maximum Gasteiger partial charge on any atom is 0.253 e. The van der Waals surface area contributed by atoms with Crippen LogP contribution in [0.25, 0.3) is 6.08 Å². The zero-order chi connectivity index (χ0) is 23.1. The van der Waals surface area contributed by atoms with E-state index in [4.69, 9.17) is 4.74 Å². The lowest BCUT2D eigenvalue weighted by atomic mass is 9.73. The summed E-state index contributed by atoms with van der Waals surface area (Å²) in [7, 11) is 6.05. The lowest BCUT2D eigenvalue weighted by Gasteiger charge is -2.35. The molecule has 1 saturated carbocycles. The number of benzene rings is 2. The molecule has 1 aliphatic carbocycles. The minimum Gasteiger partial charge on any atom is -0.497 e. The number of rotatable bonds is 8. The van der Waals surface area contributed by atoms with Gasteiger partial charge in [0, 0.05) is 25.2 Å². The molecule has 0 aliphatic heterocycles. The van der Waals surface area contributed by atoms with Gasteiger partial charge in [0.25, 0.3) is 5.91 Å². The zero-order valence-corrected chi connectivity index (χ0v) is 20.3. The first kappa shape index (κ1) is 24.1. The number of carbonyl (C=O) groups excluding carboxylic acids is 1. The van der Waals surface area contributed by atoms with E-state index in [-0.39, 0.29) is 5.91 Å². The van der Waals surface area contributed by atoms with Crippen molar-refractivity contribution < 1.29 is 9.53 Å². The number of carbonyl (C=O) groups is 1. The van der Waals surface area contributed by atoms with Crippen LogP contribution in [-0.4, -0.2) is 56.5 Å². The number of amides is 1. The number of nitrogens with zero attached hydrogens (tertiary/aromatic N) is 2. The van der Waals surface area contributed by atoms with Crippen LogP contribution in [0.5, 0.6) is 5.75 Å². The molecule has 32 heavy (non-hydrogen) atoms. The lowest BCUT2D eigenvalue weighted by molar-refractivity contribution is 0.0773. The Morgan fingerprint density at radius 1 is 1.09 bits per heavy atom. The van der Waals surface area contributed by atoms with Gasteiger partial charge in [-0.05, 0) is 94.4 Å². The highest BCUT2D eigenvalue weighted by atomic mass is 16.5. The van der Waals surface area contributed by atoms with Crippen molar-refractivity contribution in [1.82, 2.24) is 9.80 Å². The van der Waals surface area contributed by atoms with Gasteiger partial charge >= 0.3 is 0 Å². The van der Waals surface area contributed by atoms with Crippen molar-refractivity contribution in [2.24, 2.45) is 5.92 Å². The fourth-order valence-electron chi connectivity index (χ4n) is 4.89. The smallest absolute Gasteiger partial charge is 0.253 e. The van der Waals surface area contributed by atoms with Gasteiger partial charge in [0.15, 0.2) is 0 Å². The first-order valence-electron chi connectivity index (χ1n) is 11.8. The SMILES string of the molecule is CCN(CC)C(=O)c1cccc(C=C2CC[C@H](CN(C)C)[C@@H](c3cccc(OC)c3)C2)c1. The zero-order valence-electron chi connectivity index (χ0n) is 20.3. The molecule has 2 atom stereocenters. The molecule has 0 bridgehead atoms. The summed E-state index contributed by atoms with van der Waals surface area (Å²) in [5.74, 6) is 2.11. The number of hydrogen-bond donors (Lipinski definition) is 0. The fourth-order valence-corrected chi connectivity index (χ4v) is 4.89. The molecule has 1 amide bonds. The van der Waals surface area contributed by atoms with Crippen LogP contribution in [0, 0.1) is 5.92 Å². The van der Waals surface area contributed by atoms with Crippen molar-refractivity contribution in [2.45, 2.75) is 39.0 Å². The van der Waals surface area contributed by atoms with Crippen molar-refractivity contribution in [3.05, 3.63) is 70.8 Å². The normalized spacial score (nSPS) is 19.9. The quantitative estimate of drug-likeness (QED) is 0.534. The van der Waals surface area contributed by atoms with E-state index in [1.54, 1.807) is 7.11 Å². The second-order valence-corrected chi connectivity index (χ2v) is 9.05. The molecule has 2 aromatic rings. The Hall–Kier alpha value is -2.59. The maximum absolute atomic E-state index is 12.8. The molecule has 0 unspecified atom stereocenters. The molecule has 0 radical (unpaired) electrons. The second-order valence-electron chi connectivity index (χ2n) is 9.05. The van der Waals surface area contributed by atoms with E-state index in [0.29, 0.717) is 11.8 Å². The second kappa shape index (κ2) is 11.3. The highest BCUT2D eigenvalue weighted by molar-refractivity contribution is 5.94. The van der Waals surface area contributed by atoms with Crippen LogP contribution in [0.4, 0.5) is 0 Å². The Kier molecular flexibility index (Phi) is 8.52. The molecular formula is C28H38N2O2. The number of methoxy groups -OCH3 is 1. The van der Waals surface area contributed by atoms with E-state index in [2.05, 4.69) is 49.3 Å². The summed E-state index contributed by atoms with van der Waals surface area (Å²) in [6, 6.07) is 16.6. The first-order valence-corrected chi connectivity index (χ1v) is 11.8. The largest absolute Gasteiger partial charge is 0.497 e. The van der Waals surface area contributed by atoms with Gasteiger partial charge < -0.3 is 14.5 Å². The standard InChI is InChI=1S/C28H38N2O2/c1-6-30(7-2)28(31)24-12-8-10-21(17-24)16-22-14-15-25(20-29(3)4)27(18-22)23-11-9-13-26(19-23)32-5/h8-13,16-17,19,25,27H,6-7,14-15,18,20H2,1-5H3/t25-,27-/m1/s1. The Balaban J connectivity index is 1.86. The Morgan fingerprint density at radius 3 is 2.53 bits per heavy atom. The monoisotopic (exact) mass is 434 g/mol.